The summed E-state index contributed by atoms with van der Waals surface area (Å²) >= 11 is 0. The Balaban J connectivity index is 2.02. The molecule has 4 nitrogen and oxygen atoms in total. The number of hydrogen-bond acceptors (Lipinski definition) is 3. The van der Waals surface area contributed by atoms with Crippen molar-refractivity contribution in [3.63, 3.8) is 0 Å². The second-order valence-corrected chi connectivity index (χ2v) is 4.41. The van der Waals surface area contributed by atoms with E-state index in [1.807, 2.05) is 30.3 Å². The molecule has 0 bridgehead atoms. The number of aliphatic hydroxyl groups is 1. The number of aromatic nitrogens is 3. The fourth-order valence-electron chi connectivity index (χ4n) is 2.10. The highest BCUT2D eigenvalue weighted by Crippen LogP contribution is 2.29. The van der Waals surface area contributed by atoms with Crippen molar-refractivity contribution < 1.29 is 9.50 Å². The number of H-pyrrole nitrogens is 1. The summed E-state index contributed by atoms with van der Waals surface area (Å²) in [6.45, 7) is 0. The highest BCUT2D eigenvalue weighted by atomic mass is 19.1. The number of rotatable bonds is 3. The van der Waals surface area contributed by atoms with Crippen molar-refractivity contribution >= 4 is 0 Å². The Labute approximate surface area is 114 Å². The first kappa shape index (κ1) is 12.5. The van der Waals surface area contributed by atoms with Gasteiger partial charge in [-0.3, -0.25) is 10.1 Å². The molecule has 3 rings (SSSR count). The molecule has 20 heavy (non-hydrogen) atoms. The van der Waals surface area contributed by atoms with E-state index in [0.29, 0.717) is 16.8 Å². The predicted molar refractivity (Wildman–Crippen MR) is 72.3 cm³/mol. The lowest BCUT2D eigenvalue weighted by Crippen LogP contribution is -2.01. The fraction of sp³-hybridized carbons (Fsp3) is 0.0667. The molecular formula is C15H12FN3O. The molecule has 2 aromatic heterocycles. The molecule has 0 spiro atoms. The van der Waals surface area contributed by atoms with Gasteiger partial charge in [-0.1, -0.05) is 30.3 Å². The Morgan fingerprint density at radius 1 is 1.10 bits per heavy atom. The van der Waals surface area contributed by atoms with Gasteiger partial charge in [0.15, 0.2) is 0 Å². The molecule has 1 unspecified atom stereocenters. The quantitative estimate of drug-likeness (QED) is 0.768. The van der Waals surface area contributed by atoms with Crippen LogP contribution >= 0.6 is 0 Å². The molecule has 3 aromatic rings. The molecule has 1 aromatic carbocycles. The summed E-state index contributed by atoms with van der Waals surface area (Å²) < 4.78 is 13.2. The molecular weight excluding hydrogens is 257 g/mol. The van der Waals surface area contributed by atoms with E-state index in [1.165, 1.54) is 18.5 Å². The van der Waals surface area contributed by atoms with Crippen molar-refractivity contribution in [1.82, 2.24) is 15.2 Å². The number of benzene rings is 1. The molecule has 0 aliphatic heterocycles. The minimum atomic E-state index is -0.979. The van der Waals surface area contributed by atoms with E-state index in [-0.39, 0.29) is 0 Å². The molecule has 5 heteroatoms. The number of aliphatic hydroxyl groups excluding tert-OH is 1. The van der Waals surface area contributed by atoms with Crippen LogP contribution in [-0.4, -0.2) is 20.3 Å². The average Bonchev–Trinajstić information content (AvgIpc) is 2.97. The first-order valence-electron chi connectivity index (χ1n) is 6.13. The van der Waals surface area contributed by atoms with Crippen molar-refractivity contribution in [3.8, 4) is 11.3 Å². The van der Waals surface area contributed by atoms with Crippen LogP contribution in [0.3, 0.4) is 0 Å². The van der Waals surface area contributed by atoms with Crippen LogP contribution in [-0.2, 0) is 0 Å². The minimum absolute atomic E-state index is 0.392. The maximum absolute atomic E-state index is 13.2. The van der Waals surface area contributed by atoms with Crippen LogP contribution < -0.4 is 0 Å². The molecule has 1 atom stereocenters. The van der Waals surface area contributed by atoms with Gasteiger partial charge in [-0.15, -0.1) is 0 Å². The monoisotopic (exact) mass is 269 g/mol. The molecule has 100 valence electrons. The zero-order chi connectivity index (χ0) is 13.9. The van der Waals surface area contributed by atoms with Crippen LogP contribution in [0.1, 0.15) is 17.2 Å². The number of aromatic amines is 1. The zero-order valence-electron chi connectivity index (χ0n) is 10.5. The Bertz CT molecular complexity index is 712. The molecule has 0 radical (unpaired) electrons. The highest BCUT2D eigenvalue weighted by molar-refractivity contribution is 5.63. The standard InChI is InChI=1S/C15H12FN3O/c16-12-6-11(7-17-8-12)15(20)13-9-18-19-14(13)10-4-2-1-3-5-10/h1-9,15,20H,(H,18,19). The lowest BCUT2D eigenvalue weighted by Gasteiger charge is -2.11. The Morgan fingerprint density at radius 3 is 2.65 bits per heavy atom. The van der Waals surface area contributed by atoms with Crippen LogP contribution in [0.15, 0.2) is 55.0 Å². The Kier molecular flexibility index (Phi) is 3.26. The lowest BCUT2D eigenvalue weighted by molar-refractivity contribution is 0.220. The van der Waals surface area contributed by atoms with Crippen LogP contribution in [0, 0.1) is 5.82 Å². The number of halogens is 1. The maximum atomic E-state index is 13.2. The van der Waals surface area contributed by atoms with Gasteiger partial charge in [0.1, 0.15) is 11.9 Å². The predicted octanol–water partition coefficient (Wildman–Crippen LogP) is 2.69. The smallest absolute Gasteiger partial charge is 0.141 e. The summed E-state index contributed by atoms with van der Waals surface area (Å²) in [6, 6.07) is 10.8. The number of hydrogen-bond donors (Lipinski definition) is 2. The van der Waals surface area contributed by atoms with Crippen molar-refractivity contribution in [2.75, 3.05) is 0 Å². The summed E-state index contributed by atoms with van der Waals surface area (Å²) in [4.78, 5) is 3.75. The third-order valence-electron chi connectivity index (χ3n) is 3.07. The van der Waals surface area contributed by atoms with Crippen LogP contribution in [0.2, 0.25) is 0 Å². The fourth-order valence-corrected chi connectivity index (χ4v) is 2.10. The van der Waals surface area contributed by atoms with Gasteiger partial charge >= 0.3 is 0 Å². The average molecular weight is 269 g/mol. The van der Waals surface area contributed by atoms with Crippen LogP contribution in [0.25, 0.3) is 11.3 Å². The molecule has 2 heterocycles. The van der Waals surface area contributed by atoms with Crippen molar-refractivity contribution in [2.24, 2.45) is 0 Å². The second kappa shape index (κ2) is 5.22. The van der Waals surface area contributed by atoms with Gasteiger partial charge in [-0.2, -0.15) is 5.10 Å². The Hall–Kier alpha value is -2.53. The van der Waals surface area contributed by atoms with Crippen LogP contribution in [0.4, 0.5) is 4.39 Å². The largest absolute Gasteiger partial charge is 0.383 e. The third-order valence-corrected chi connectivity index (χ3v) is 3.07. The van der Waals surface area contributed by atoms with E-state index in [2.05, 4.69) is 15.2 Å². The van der Waals surface area contributed by atoms with E-state index in [1.54, 1.807) is 0 Å². The molecule has 0 fully saturated rings. The number of nitrogens with zero attached hydrogens (tertiary/aromatic N) is 2. The van der Waals surface area contributed by atoms with Gasteiger partial charge < -0.3 is 5.11 Å². The van der Waals surface area contributed by atoms with Crippen LogP contribution in [0.5, 0.6) is 0 Å². The number of pyridine rings is 1. The molecule has 0 saturated carbocycles. The van der Waals surface area contributed by atoms with E-state index in [9.17, 15) is 9.50 Å². The van der Waals surface area contributed by atoms with Gasteiger partial charge in [-0.05, 0) is 11.6 Å². The molecule has 0 aliphatic carbocycles. The van der Waals surface area contributed by atoms with Gasteiger partial charge in [0.05, 0.1) is 18.1 Å². The normalized spacial score (nSPS) is 12.3. The van der Waals surface area contributed by atoms with Crippen molar-refractivity contribution in [2.45, 2.75) is 6.10 Å². The van der Waals surface area contributed by atoms with E-state index in [4.69, 9.17) is 0 Å². The molecule has 2 N–H and O–H groups in total. The van der Waals surface area contributed by atoms with Gasteiger partial charge in [-0.25, -0.2) is 4.39 Å². The minimum Gasteiger partial charge on any atom is -0.383 e. The van der Waals surface area contributed by atoms with Gasteiger partial charge in [0.25, 0.3) is 0 Å². The van der Waals surface area contributed by atoms with E-state index >= 15 is 0 Å². The molecule has 0 aliphatic rings. The van der Waals surface area contributed by atoms with Gasteiger partial charge in [0.2, 0.25) is 0 Å². The Morgan fingerprint density at radius 2 is 1.90 bits per heavy atom. The summed E-state index contributed by atoms with van der Waals surface area (Å²) in [7, 11) is 0. The molecule has 0 amide bonds. The van der Waals surface area contributed by atoms with E-state index < -0.39 is 11.9 Å². The second-order valence-electron chi connectivity index (χ2n) is 4.41. The highest BCUT2D eigenvalue weighted by Gasteiger charge is 2.18. The third kappa shape index (κ3) is 2.31. The summed E-state index contributed by atoms with van der Waals surface area (Å²) in [6.07, 6.45) is 3.10. The summed E-state index contributed by atoms with van der Waals surface area (Å²) in [5.74, 6) is -0.480. The topological polar surface area (TPSA) is 61.8 Å². The lowest BCUT2D eigenvalue weighted by atomic mass is 10.00. The maximum Gasteiger partial charge on any atom is 0.141 e. The van der Waals surface area contributed by atoms with Crippen molar-refractivity contribution in [1.29, 1.82) is 0 Å². The molecule has 0 saturated heterocycles. The zero-order valence-corrected chi connectivity index (χ0v) is 10.5. The van der Waals surface area contributed by atoms with Crippen molar-refractivity contribution in [3.05, 3.63) is 71.9 Å². The summed E-state index contributed by atoms with van der Waals surface area (Å²) in [5.41, 5.74) is 2.60. The first-order valence-corrected chi connectivity index (χ1v) is 6.13. The van der Waals surface area contributed by atoms with E-state index in [0.717, 1.165) is 11.8 Å². The SMILES string of the molecule is OC(c1cncc(F)c1)c1cn[nH]c1-c1ccccc1. The first-order chi connectivity index (χ1) is 9.75. The van der Waals surface area contributed by atoms with Gasteiger partial charge in [0, 0.05) is 17.3 Å². The summed E-state index contributed by atoms with van der Waals surface area (Å²) in [5, 5.41) is 17.2. The number of nitrogens with one attached hydrogen (secondary N) is 1.